The van der Waals surface area contributed by atoms with E-state index in [2.05, 4.69) is 15.6 Å². The summed E-state index contributed by atoms with van der Waals surface area (Å²) >= 11 is 0. The highest BCUT2D eigenvalue weighted by Crippen LogP contribution is 2.07. The summed E-state index contributed by atoms with van der Waals surface area (Å²) < 4.78 is 27.8. The van der Waals surface area contributed by atoms with Crippen molar-refractivity contribution >= 4 is 10.0 Å². The summed E-state index contributed by atoms with van der Waals surface area (Å²) in [5.41, 5.74) is 0. The van der Waals surface area contributed by atoms with Crippen molar-refractivity contribution in [2.24, 2.45) is 7.05 Å². The van der Waals surface area contributed by atoms with E-state index in [1.54, 1.807) is 11.6 Å². The molecule has 88 valence electrons. The Hall–Kier alpha value is -1.32. The summed E-state index contributed by atoms with van der Waals surface area (Å²) in [4.78, 5) is 3.80. The molecule has 0 bridgehead atoms. The maximum Gasteiger partial charge on any atom is 0.259 e. The molecule has 0 fully saturated rings. The molecule has 5 nitrogen and oxygen atoms in total. The van der Waals surface area contributed by atoms with Gasteiger partial charge in [0, 0.05) is 25.7 Å². The highest BCUT2D eigenvalue weighted by molar-refractivity contribution is 7.89. The van der Waals surface area contributed by atoms with E-state index >= 15 is 0 Å². The van der Waals surface area contributed by atoms with Gasteiger partial charge in [-0.2, -0.15) is 0 Å². The molecule has 0 aliphatic rings. The van der Waals surface area contributed by atoms with Crippen LogP contribution in [0.2, 0.25) is 0 Å². The lowest BCUT2D eigenvalue weighted by molar-refractivity contribution is 0.541. The van der Waals surface area contributed by atoms with Crippen LogP contribution in [0.3, 0.4) is 0 Å². The van der Waals surface area contributed by atoms with E-state index in [4.69, 9.17) is 6.42 Å². The molecule has 0 saturated carbocycles. The molecule has 0 aliphatic carbocycles. The Morgan fingerprint density at radius 3 is 2.81 bits per heavy atom. The molecule has 0 radical (unpaired) electrons. The van der Waals surface area contributed by atoms with Crippen LogP contribution >= 0.6 is 0 Å². The number of nitrogens with one attached hydrogen (secondary N) is 1. The van der Waals surface area contributed by atoms with E-state index in [1.165, 1.54) is 12.5 Å². The van der Waals surface area contributed by atoms with Crippen molar-refractivity contribution in [3.63, 3.8) is 0 Å². The fraction of sp³-hybridized carbons (Fsp3) is 0.500. The van der Waals surface area contributed by atoms with Gasteiger partial charge in [0.25, 0.3) is 10.0 Å². The van der Waals surface area contributed by atoms with Gasteiger partial charge in [-0.05, 0) is 6.42 Å². The van der Waals surface area contributed by atoms with Crippen LogP contribution < -0.4 is 4.72 Å². The number of nitrogens with zero attached hydrogens (tertiary/aromatic N) is 2. The Kier molecular flexibility index (Phi) is 4.10. The molecule has 1 rings (SSSR count). The molecule has 0 aliphatic heterocycles. The predicted molar refractivity (Wildman–Crippen MR) is 61.1 cm³/mol. The zero-order valence-corrected chi connectivity index (χ0v) is 10.2. The smallest absolute Gasteiger partial charge is 0.259 e. The third-order valence-electron chi connectivity index (χ3n) is 2.14. The molecule has 1 N–H and O–H groups in total. The first-order valence-electron chi connectivity index (χ1n) is 4.93. The lowest BCUT2D eigenvalue weighted by Crippen LogP contribution is -2.34. The Morgan fingerprint density at radius 2 is 2.38 bits per heavy atom. The summed E-state index contributed by atoms with van der Waals surface area (Å²) in [7, 11) is -1.84. The number of sulfonamides is 1. The number of aryl methyl sites for hydroxylation is 1. The maximum absolute atomic E-state index is 11.8. The normalized spacial score (nSPS) is 13.3. The molecule has 0 amide bonds. The van der Waals surface area contributed by atoms with Gasteiger partial charge in [-0.1, -0.05) is 6.92 Å². The zero-order valence-electron chi connectivity index (χ0n) is 9.34. The number of hydrogen-bond acceptors (Lipinski definition) is 3. The Morgan fingerprint density at radius 1 is 1.69 bits per heavy atom. The number of terminal acetylenes is 1. The number of hydrogen-bond donors (Lipinski definition) is 1. The summed E-state index contributed by atoms with van der Waals surface area (Å²) in [6.07, 6.45) is 9.08. The minimum Gasteiger partial charge on any atom is -0.339 e. The molecule has 1 aromatic rings. The van der Waals surface area contributed by atoms with Crippen molar-refractivity contribution in [2.75, 3.05) is 0 Å². The Labute approximate surface area is 95.9 Å². The van der Waals surface area contributed by atoms with Crippen LogP contribution in [0.5, 0.6) is 0 Å². The molecule has 0 spiro atoms. The second-order valence-electron chi connectivity index (χ2n) is 3.51. The van der Waals surface area contributed by atoms with Gasteiger partial charge in [-0.15, -0.1) is 12.3 Å². The fourth-order valence-electron chi connectivity index (χ4n) is 1.22. The van der Waals surface area contributed by atoms with Crippen molar-refractivity contribution in [3.05, 3.63) is 12.5 Å². The van der Waals surface area contributed by atoms with E-state index in [9.17, 15) is 8.42 Å². The average molecular weight is 241 g/mol. The molecule has 0 aromatic carbocycles. The summed E-state index contributed by atoms with van der Waals surface area (Å²) in [6, 6.07) is -0.239. The monoisotopic (exact) mass is 241 g/mol. The van der Waals surface area contributed by atoms with Crippen LogP contribution in [-0.2, 0) is 17.1 Å². The van der Waals surface area contributed by atoms with Gasteiger partial charge in [0.05, 0.1) is 6.33 Å². The fourth-order valence-corrected chi connectivity index (χ4v) is 2.52. The second-order valence-corrected chi connectivity index (χ2v) is 5.17. The van der Waals surface area contributed by atoms with Gasteiger partial charge in [0.2, 0.25) is 0 Å². The first kappa shape index (κ1) is 12.7. The third-order valence-corrected chi connectivity index (χ3v) is 3.54. The van der Waals surface area contributed by atoms with Gasteiger partial charge in [-0.3, -0.25) is 0 Å². The summed E-state index contributed by atoms with van der Waals surface area (Å²) in [6.45, 7) is 1.88. The van der Waals surface area contributed by atoms with E-state index < -0.39 is 10.0 Å². The number of imidazole rings is 1. The van der Waals surface area contributed by atoms with E-state index in [0.29, 0.717) is 12.8 Å². The van der Waals surface area contributed by atoms with E-state index in [-0.39, 0.29) is 11.1 Å². The quantitative estimate of drug-likeness (QED) is 0.763. The van der Waals surface area contributed by atoms with Crippen LogP contribution in [0.4, 0.5) is 0 Å². The highest BCUT2D eigenvalue weighted by Gasteiger charge is 2.20. The van der Waals surface area contributed by atoms with Crippen molar-refractivity contribution in [1.29, 1.82) is 0 Å². The minimum atomic E-state index is -3.55. The first-order valence-corrected chi connectivity index (χ1v) is 6.41. The van der Waals surface area contributed by atoms with Crippen LogP contribution in [0.1, 0.15) is 19.8 Å². The van der Waals surface area contributed by atoms with Crippen molar-refractivity contribution in [1.82, 2.24) is 14.3 Å². The highest BCUT2D eigenvalue weighted by atomic mass is 32.2. The molecule has 6 heteroatoms. The van der Waals surface area contributed by atoms with Crippen LogP contribution in [0, 0.1) is 12.3 Å². The molecule has 1 unspecified atom stereocenters. The van der Waals surface area contributed by atoms with Gasteiger partial charge in [0.1, 0.15) is 0 Å². The van der Waals surface area contributed by atoms with Crippen LogP contribution in [0.15, 0.2) is 17.6 Å². The van der Waals surface area contributed by atoms with Gasteiger partial charge < -0.3 is 4.57 Å². The molecule has 16 heavy (non-hydrogen) atoms. The average Bonchev–Trinajstić information content (AvgIpc) is 2.64. The zero-order chi connectivity index (χ0) is 12.2. The summed E-state index contributed by atoms with van der Waals surface area (Å²) in [5.74, 6) is 2.45. The SMILES string of the molecule is C#CCC(CC)NS(=O)(=O)c1cn(C)cn1. The molecular formula is C10H15N3O2S. The van der Waals surface area contributed by atoms with Crippen molar-refractivity contribution in [2.45, 2.75) is 30.8 Å². The predicted octanol–water partition coefficient (Wildman–Crippen LogP) is 0.500. The van der Waals surface area contributed by atoms with Gasteiger partial charge in [-0.25, -0.2) is 18.1 Å². The molecule has 1 atom stereocenters. The lowest BCUT2D eigenvalue weighted by Gasteiger charge is -2.12. The lowest BCUT2D eigenvalue weighted by atomic mass is 10.2. The molecule has 1 heterocycles. The standard InChI is InChI=1S/C10H15N3O2S/c1-4-6-9(5-2)12-16(14,15)10-7-13(3)8-11-10/h1,7-9,12H,5-6H2,2-3H3. The third kappa shape index (κ3) is 3.08. The maximum atomic E-state index is 11.8. The molecule has 0 saturated heterocycles. The van der Waals surface area contributed by atoms with Crippen LogP contribution in [-0.4, -0.2) is 24.0 Å². The van der Waals surface area contributed by atoms with E-state index in [0.717, 1.165) is 0 Å². The molecular weight excluding hydrogens is 226 g/mol. The second kappa shape index (κ2) is 5.14. The summed E-state index contributed by atoms with van der Waals surface area (Å²) in [5, 5.41) is 0.0190. The minimum absolute atomic E-state index is 0.0190. The largest absolute Gasteiger partial charge is 0.339 e. The molecule has 1 aromatic heterocycles. The van der Waals surface area contributed by atoms with E-state index in [1.807, 2.05) is 6.92 Å². The first-order chi connectivity index (χ1) is 7.49. The number of rotatable bonds is 5. The van der Waals surface area contributed by atoms with Crippen molar-refractivity contribution in [3.8, 4) is 12.3 Å². The van der Waals surface area contributed by atoms with Crippen LogP contribution in [0.25, 0.3) is 0 Å². The number of aromatic nitrogens is 2. The Balaban J connectivity index is 2.83. The Bertz CT molecular complexity index is 484. The van der Waals surface area contributed by atoms with Crippen molar-refractivity contribution < 1.29 is 8.42 Å². The topological polar surface area (TPSA) is 64.0 Å². The van der Waals surface area contributed by atoms with Gasteiger partial charge >= 0.3 is 0 Å². The van der Waals surface area contributed by atoms with Gasteiger partial charge in [0.15, 0.2) is 5.03 Å².